The number of rotatable bonds is 4. The molecule has 0 saturated heterocycles. The topological polar surface area (TPSA) is 92.5 Å². The Balaban J connectivity index is 2.44. The highest BCUT2D eigenvalue weighted by atomic mass is 16.3. The molecular weight excluding hydrogens is 276 g/mol. The molecule has 2 rings (SSSR count). The maximum atomic E-state index is 9.87. The van der Waals surface area contributed by atoms with Crippen LogP contribution in [0.1, 0.15) is 18.1 Å². The van der Waals surface area contributed by atoms with Crippen LogP contribution in [0, 0.1) is 0 Å². The molecule has 4 nitrogen and oxygen atoms in total. The van der Waals surface area contributed by atoms with E-state index >= 15 is 0 Å². The molecule has 0 aliphatic heterocycles. The van der Waals surface area contributed by atoms with Gasteiger partial charge in [-0.25, -0.2) is 0 Å². The van der Waals surface area contributed by atoms with Gasteiger partial charge in [-0.05, 0) is 42.4 Å². The van der Waals surface area contributed by atoms with Crippen molar-refractivity contribution in [2.24, 2.45) is 11.5 Å². The molecule has 0 atom stereocenters. The molecule has 4 heteroatoms. The normalized spacial score (nSPS) is 12.7. The van der Waals surface area contributed by atoms with Crippen molar-refractivity contribution in [3.63, 3.8) is 0 Å². The Morgan fingerprint density at radius 2 is 1.32 bits per heavy atom. The molecule has 0 amide bonds. The van der Waals surface area contributed by atoms with Crippen LogP contribution in [-0.2, 0) is 0 Å². The Morgan fingerprint density at radius 1 is 0.864 bits per heavy atom. The molecule has 22 heavy (non-hydrogen) atoms. The zero-order valence-corrected chi connectivity index (χ0v) is 12.4. The summed E-state index contributed by atoms with van der Waals surface area (Å²) in [4.78, 5) is 0. The monoisotopic (exact) mass is 296 g/mol. The fourth-order valence-electron chi connectivity index (χ4n) is 2.18. The van der Waals surface area contributed by atoms with Gasteiger partial charge in [0.2, 0.25) is 0 Å². The lowest BCUT2D eigenvalue weighted by Gasteiger charge is -2.13. The van der Waals surface area contributed by atoms with Gasteiger partial charge in [0.15, 0.2) is 0 Å². The molecule has 0 aliphatic rings. The standard InChI is InChI=1S/C18H20N2O2/c1-12(10-13-6-2-4-8-16(13)21)15(18(19)20)11-14-7-3-5-9-17(14)22/h2-11,18,21-22H,19-20H2,1H3/b12-10-,15-11+. The van der Waals surface area contributed by atoms with Gasteiger partial charge in [0, 0.05) is 11.1 Å². The number of phenols is 2. The third kappa shape index (κ3) is 3.75. The third-order valence-corrected chi connectivity index (χ3v) is 3.37. The number of phenolic OH excluding ortho intramolecular Hbond substituents is 2. The van der Waals surface area contributed by atoms with Gasteiger partial charge >= 0.3 is 0 Å². The van der Waals surface area contributed by atoms with Crippen molar-refractivity contribution in [2.45, 2.75) is 13.1 Å². The first-order chi connectivity index (χ1) is 10.5. The van der Waals surface area contributed by atoms with E-state index in [9.17, 15) is 10.2 Å². The summed E-state index contributed by atoms with van der Waals surface area (Å²) in [5.41, 5.74) is 14.5. The van der Waals surface area contributed by atoms with E-state index in [1.807, 2.05) is 25.1 Å². The molecule has 0 bridgehead atoms. The summed E-state index contributed by atoms with van der Waals surface area (Å²) in [6.45, 7) is 1.87. The first-order valence-electron chi connectivity index (χ1n) is 6.96. The van der Waals surface area contributed by atoms with Crippen molar-refractivity contribution in [1.29, 1.82) is 0 Å². The van der Waals surface area contributed by atoms with Crippen molar-refractivity contribution in [3.05, 3.63) is 70.8 Å². The Bertz CT molecular complexity index is 719. The molecule has 0 radical (unpaired) electrons. The second-order valence-corrected chi connectivity index (χ2v) is 5.07. The second-order valence-electron chi connectivity index (χ2n) is 5.07. The molecule has 2 aromatic carbocycles. The van der Waals surface area contributed by atoms with Crippen LogP contribution in [0.15, 0.2) is 59.7 Å². The highest BCUT2D eigenvalue weighted by Crippen LogP contribution is 2.25. The number of benzene rings is 2. The number of hydrogen-bond acceptors (Lipinski definition) is 4. The SMILES string of the molecule is CC(=C/c1ccccc1O)/C(=C\c1ccccc1O)C(N)N. The van der Waals surface area contributed by atoms with E-state index in [4.69, 9.17) is 11.5 Å². The third-order valence-electron chi connectivity index (χ3n) is 3.37. The van der Waals surface area contributed by atoms with E-state index in [1.165, 1.54) is 0 Å². The fraction of sp³-hybridized carbons (Fsp3) is 0.111. The van der Waals surface area contributed by atoms with Crippen molar-refractivity contribution >= 4 is 12.2 Å². The number of para-hydroxylation sites is 2. The van der Waals surface area contributed by atoms with E-state index < -0.39 is 6.17 Å². The van der Waals surface area contributed by atoms with E-state index in [-0.39, 0.29) is 11.5 Å². The van der Waals surface area contributed by atoms with Gasteiger partial charge in [-0.2, -0.15) is 0 Å². The smallest absolute Gasteiger partial charge is 0.122 e. The average molecular weight is 296 g/mol. The average Bonchev–Trinajstić information content (AvgIpc) is 2.48. The lowest BCUT2D eigenvalue weighted by Crippen LogP contribution is -2.33. The lowest BCUT2D eigenvalue weighted by molar-refractivity contribution is 0.473. The van der Waals surface area contributed by atoms with Gasteiger partial charge in [0.05, 0.1) is 6.17 Å². The van der Waals surface area contributed by atoms with E-state index in [0.717, 1.165) is 5.57 Å². The summed E-state index contributed by atoms with van der Waals surface area (Å²) in [5.74, 6) is 0.352. The molecular formula is C18H20N2O2. The van der Waals surface area contributed by atoms with E-state index in [0.29, 0.717) is 16.7 Å². The van der Waals surface area contributed by atoms with Crippen LogP contribution in [0.25, 0.3) is 12.2 Å². The molecule has 0 fully saturated rings. The van der Waals surface area contributed by atoms with Gasteiger partial charge in [0.25, 0.3) is 0 Å². The number of aromatic hydroxyl groups is 2. The number of hydrogen-bond donors (Lipinski definition) is 4. The van der Waals surface area contributed by atoms with Crippen molar-refractivity contribution < 1.29 is 10.2 Å². The Labute approximate surface area is 130 Å². The van der Waals surface area contributed by atoms with Gasteiger partial charge in [-0.3, -0.25) is 0 Å². The van der Waals surface area contributed by atoms with E-state index in [2.05, 4.69) is 0 Å². The predicted octanol–water partition coefficient (Wildman–Crippen LogP) is 2.83. The van der Waals surface area contributed by atoms with Crippen molar-refractivity contribution in [1.82, 2.24) is 0 Å². The Hall–Kier alpha value is -2.56. The minimum absolute atomic E-state index is 0.163. The van der Waals surface area contributed by atoms with Crippen LogP contribution in [0.5, 0.6) is 11.5 Å². The Morgan fingerprint density at radius 3 is 1.77 bits per heavy atom. The predicted molar refractivity (Wildman–Crippen MR) is 90.0 cm³/mol. The maximum Gasteiger partial charge on any atom is 0.122 e. The maximum absolute atomic E-state index is 9.87. The van der Waals surface area contributed by atoms with Crippen LogP contribution in [0.2, 0.25) is 0 Å². The summed E-state index contributed by atoms with van der Waals surface area (Å²) in [7, 11) is 0. The molecule has 6 N–H and O–H groups in total. The summed E-state index contributed by atoms with van der Waals surface area (Å²) < 4.78 is 0. The van der Waals surface area contributed by atoms with Gasteiger partial charge in [0.1, 0.15) is 11.5 Å². The lowest BCUT2D eigenvalue weighted by atomic mass is 9.99. The van der Waals surface area contributed by atoms with Crippen molar-refractivity contribution in [3.8, 4) is 11.5 Å². The minimum Gasteiger partial charge on any atom is -0.507 e. The van der Waals surface area contributed by atoms with Gasteiger partial charge in [-0.1, -0.05) is 36.4 Å². The summed E-state index contributed by atoms with van der Waals surface area (Å²) in [6, 6.07) is 14.0. The minimum atomic E-state index is -0.693. The quantitative estimate of drug-likeness (QED) is 0.515. The Kier molecular flexibility index (Phi) is 4.99. The molecule has 0 aromatic heterocycles. The second kappa shape index (κ2) is 6.93. The molecule has 0 unspecified atom stereocenters. The highest BCUT2D eigenvalue weighted by molar-refractivity contribution is 5.70. The zero-order valence-electron chi connectivity index (χ0n) is 12.4. The van der Waals surface area contributed by atoms with Crippen LogP contribution >= 0.6 is 0 Å². The van der Waals surface area contributed by atoms with Crippen LogP contribution < -0.4 is 11.5 Å². The molecule has 0 heterocycles. The first-order valence-corrected chi connectivity index (χ1v) is 6.96. The van der Waals surface area contributed by atoms with Crippen LogP contribution in [0.4, 0.5) is 0 Å². The molecule has 0 aliphatic carbocycles. The van der Waals surface area contributed by atoms with Crippen LogP contribution in [-0.4, -0.2) is 16.4 Å². The fourth-order valence-corrected chi connectivity index (χ4v) is 2.18. The largest absolute Gasteiger partial charge is 0.507 e. The van der Waals surface area contributed by atoms with Gasteiger partial charge in [-0.15, -0.1) is 0 Å². The molecule has 114 valence electrons. The van der Waals surface area contributed by atoms with E-state index in [1.54, 1.807) is 42.5 Å². The number of nitrogens with two attached hydrogens (primary N) is 2. The summed E-state index contributed by atoms with van der Waals surface area (Å²) in [5, 5.41) is 19.7. The van der Waals surface area contributed by atoms with Crippen molar-refractivity contribution in [2.75, 3.05) is 0 Å². The molecule has 0 saturated carbocycles. The summed E-state index contributed by atoms with van der Waals surface area (Å²) >= 11 is 0. The summed E-state index contributed by atoms with van der Waals surface area (Å²) in [6.07, 6.45) is 2.88. The highest BCUT2D eigenvalue weighted by Gasteiger charge is 2.09. The van der Waals surface area contributed by atoms with Crippen LogP contribution in [0.3, 0.4) is 0 Å². The first kappa shape index (κ1) is 15.8. The molecule has 0 spiro atoms. The zero-order chi connectivity index (χ0) is 16.1. The van der Waals surface area contributed by atoms with Gasteiger partial charge < -0.3 is 21.7 Å². The molecule has 2 aromatic rings.